The van der Waals surface area contributed by atoms with Gasteiger partial charge in [-0.1, -0.05) is 224 Å². The summed E-state index contributed by atoms with van der Waals surface area (Å²) in [6.07, 6.45) is 0. The van der Waals surface area contributed by atoms with Gasteiger partial charge in [-0.25, -0.2) is 0 Å². The van der Waals surface area contributed by atoms with Gasteiger partial charge >= 0.3 is 0 Å². The molecule has 2 aliphatic carbocycles. The SMILES string of the molecule is c1ccc(-c2ccc(-c3ccc4c(c3)c3ccccc3n4-c3ccc4c(c3)C3(c5ccccc5-c5ccccc53)c3cc(-c5c6ccccc6c(-c6ccccc6)c6ccccc56)ccc3-4)cc2)cc1. The van der Waals surface area contributed by atoms with Crippen LogP contribution in [0.15, 0.2) is 261 Å². The molecule has 15 rings (SSSR count). The highest BCUT2D eigenvalue weighted by Gasteiger charge is 2.52. The molecule has 0 atom stereocenters. The number of hydrogen-bond donors (Lipinski definition) is 0. The van der Waals surface area contributed by atoms with Crippen LogP contribution in [0.1, 0.15) is 22.3 Å². The number of benzene rings is 12. The first-order valence-electron chi connectivity index (χ1n) is 24.4. The molecule has 0 saturated heterocycles. The number of fused-ring (bicyclic) bond motifs is 15. The maximum atomic E-state index is 2.55. The van der Waals surface area contributed by atoms with Crippen LogP contribution in [0.25, 0.3) is 116 Å². The molecule has 12 aromatic carbocycles. The number of hydrogen-bond acceptors (Lipinski definition) is 0. The van der Waals surface area contributed by atoms with Crippen LogP contribution in [0.2, 0.25) is 0 Å². The largest absolute Gasteiger partial charge is 0.309 e. The molecule has 0 saturated carbocycles. The average molecular weight is 886 g/mol. The van der Waals surface area contributed by atoms with E-state index in [9.17, 15) is 0 Å². The molecule has 0 N–H and O–H groups in total. The first-order valence-corrected chi connectivity index (χ1v) is 24.4. The fourth-order valence-electron chi connectivity index (χ4n) is 12.7. The first kappa shape index (κ1) is 39.0. The fraction of sp³-hybridized carbons (Fsp3) is 0.0145. The van der Waals surface area contributed by atoms with Crippen LogP contribution < -0.4 is 0 Å². The van der Waals surface area contributed by atoms with Crippen molar-refractivity contribution in [3.63, 3.8) is 0 Å². The molecule has 0 amide bonds. The summed E-state index contributed by atoms with van der Waals surface area (Å²) < 4.78 is 2.49. The van der Waals surface area contributed by atoms with E-state index in [4.69, 9.17) is 0 Å². The zero-order valence-corrected chi connectivity index (χ0v) is 38.3. The molecule has 1 nitrogen and oxygen atoms in total. The zero-order valence-electron chi connectivity index (χ0n) is 38.3. The lowest BCUT2D eigenvalue weighted by Gasteiger charge is -2.31. The van der Waals surface area contributed by atoms with Crippen LogP contribution in [0.5, 0.6) is 0 Å². The molecule has 1 heteroatoms. The van der Waals surface area contributed by atoms with E-state index in [2.05, 4.69) is 265 Å². The van der Waals surface area contributed by atoms with E-state index >= 15 is 0 Å². The lowest BCUT2D eigenvalue weighted by atomic mass is 9.70. The first-order chi connectivity index (χ1) is 34.7. The Morgan fingerprint density at radius 3 is 1.27 bits per heavy atom. The third-order valence-electron chi connectivity index (χ3n) is 15.6. The van der Waals surface area contributed by atoms with Crippen LogP contribution >= 0.6 is 0 Å². The van der Waals surface area contributed by atoms with Gasteiger partial charge in [-0.2, -0.15) is 0 Å². The van der Waals surface area contributed by atoms with Gasteiger partial charge in [0, 0.05) is 16.5 Å². The second-order valence-electron chi connectivity index (χ2n) is 19.1. The van der Waals surface area contributed by atoms with Crippen molar-refractivity contribution in [2.24, 2.45) is 0 Å². The van der Waals surface area contributed by atoms with Gasteiger partial charge in [-0.3, -0.25) is 0 Å². The van der Waals surface area contributed by atoms with E-state index in [1.807, 2.05) is 0 Å². The number of rotatable bonds is 5. The highest BCUT2D eigenvalue weighted by molar-refractivity contribution is 6.21. The topological polar surface area (TPSA) is 4.93 Å². The Morgan fingerprint density at radius 2 is 0.643 bits per heavy atom. The van der Waals surface area contributed by atoms with Crippen molar-refractivity contribution in [3.8, 4) is 72.4 Å². The van der Waals surface area contributed by atoms with E-state index in [0.717, 1.165) is 5.69 Å². The molecule has 0 radical (unpaired) electrons. The minimum absolute atomic E-state index is 0.544. The molecule has 13 aromatic rings. The summed E-state index contributed by atoms with van der Waals surface area (Å²) in [5.41, 5.74) is 23.4. The number of para-hydroxylation sites is 1. The van der Waals surface area contributed by atoms with Crippen molar-refractivity contribution in [3.05, 3.63) is 283 Å². The van der Waals surface area contributed by atoms with Crippen LogP contribution in [0, 0.1) is 0 Å². The molecule has 0 fully saturated rings. The van der Waals surface area contributed by atoms with Crippen molar-refractivity contribution >= 4 is 43.4 Å². The van der Waals surface area contributed by atoms with Gasteiger partial charge in [0.2, 0.25) is 0 Å². The van der Waals surface area contributed by atoms with Crippen molar-refractivity contribution in [2.75, 3.05) is 0 Å². The van der Waals surface area contributed by atoms with Gasteiger partial charge in [0.05, 0.1) is 16.4 Å². The monoisotopic (exact) mass is 885 g/mol. The minimum Gasteiger partial charge on any atom is -0.309 e. The fourth-order valence-corrected chi connectivity index (χ4v) is 12.7. The standard InChI is InChI=1S/C69H43N/c1-3-17-44(18-4-1)45-31-33-46(34-32-45)48-36-40-66-60(41-48)55-23-13-16-30-65(55)70(66)50-37-39-54-53-38-35-49(42-63(53)69(64(54)43-50)61-28-14-11-21-51(61)52-22-12-15-29-62(52)69)68-58-26-9-7-24-56(58)67(47-19-5-2-6-20-47)57-25-8-10-27-59(57)68/h1-43H. The van der Waals surface area contributed by atoms with Crippen LogP contribution in [-0.4, -0.2) is 4.57 Å². The van der Waals surface area contributed by atoms with Gasteiger partial charge in [0.1, 0.15) is 0 Å². The summed E-state index contributed by atoms with van der Waals surface area (Å²) in [5, 5.41) is 7.55. The Hall–Kier alpha value is -9.04. The number of aromatic nitrogens is 1. The average Bonchev–Trinajstić information content (AvgIpc) is 4.04. The lowest BCUT2D eigenvalue weighted by molar-refractivity contribution is 0.793. The van der Waals surface area contributed by atoms with Crippen molar-refractivity contribution < 1.29 is 0 Å². The van der Waals surface area contributed by atoms with E-state index in [-0.39, 0.29) is 0 Å². The Labute approximate surface area is 406 Å². The second-order valence-corrected chi connectivity index (χ2v) is 19.1. The predicted octanol–water partition coefficient (Wildman–Crippen LogP) is 18.1. The smallest absolute Gasteiger partial charge is 0.0726 e. The van der Waals surface area contributed by atoms with Gasteiger partial charge in [0.25, 0.3) is 0 Å². The van der Waals surface area contributed by atoms with Gasteiger partial charge in [-0.15, -0.1) is 0 Å². The van der Waals surface area contributed by atoms with E-state index in [1.165, 1.54) is 132 Å². The third kappa shape index (κ3) is 5.43. The minimum atomic E-state index is -0.544. The summed E-state index contributed by atoms with van der Waals surface area (Å²) >= 11 is 0. The molecule has 1 aromatic heterocycles. The molecule has 0 unspecified atom stereocenters. The lowest BCUT2D eigenvalue weighted by Crippen LogP contribution is -2.26. The van der Waals surface area contributed by atoms with Crippen molar-refractivity contribution in [1.82, 2.24) is 4.57 Å². The molecule has 0 aliphatic heterocycles. The number of nitrogens with zero attached hydrogens (tertiary/aromatic N) is 1. The summed E-state index contributed by atoms with van der Waals surface area (Å²) in [5.74, 6) is 0. The van der Waals surface area contributed by atoms with Gasteiger partial charge in [-0.05, 0) is 147 Å². The summed E-state index contributed by atoms with van der Waals surface area (Å²) in [7, 11) is 0. The Balaban J connectivity index is 0.953. The second kappa shape index (κ2) is 15.0. The molecule has 2 aliphatic rings. The predicted molar refractivity (Wildman–Crippen MR) is 294 cm³/mol. The van der Waals surface area contributed by atoms with E-state index in [0.29, 0.717) is 0 Å². The third-order valence-corrected chi connectivity index (χ3v) is 15.6. The Kier molecular flexibility index (Phi) is 8.35. The van der Waals surface area contributed by atoms with Gasteiger partial charge in [0.15, 0.2) is 0 Å². The molecular weight excluding hydrogens is 843 g/mol. The van der Waals surface area contributed by atoms with E-state index in [1.54, 1.807) is 0 Å². The zero-order chi connectivity index (χ0) is 45.9. The molecule has 0 bridgehead atoms. The van der Waals surface area contributed by atoms with Crippen molar-refractivity contribution in [2.45, 2.75) is 5.41 Å². The Bertz CT molecular complexity index is 4170. The summed E-state index contributed by atoms with van der Waals surface area (Å²) in [6, 6.07) is 97.5. The maximum Gasteiger partial charge on any atom is 0.0726 e. The molecule has 1 spiro atoms. The van der Waals surface area contributed by atoms with Crippen LogP contribution in [-0.2, 0) is 5.41 Å². The normalized spacial score (nSPS) is 13.0. The molecule has 1 heterocycles. The molecule has 70 heavy (non-hydrogen) atoms. The highest BCUT2D eigenvalue weighted by Crippen LogP contribution is 2.64. The quantitative estimate of drug-likeness (QED) is 0.152. The maximum absolute atomic E-state index is 2.55. The molecule has 324 valence electrons. The van der Waals surface area contributed by atoms with Crippen LogP contribution in [0.4, 0.5) is 0 Å². The van der Waals surface area contributed by atoms with Gasteiger partial charge < -0.3 is 4.57 Å². The van der Waals surface area contributed by atoms with Crippen molar-refractivity contribution in [1.29, 1.82) is 0 Å². The van der Waals surface area contributed by atoms with E-state index < -0.39 is 5.41 Å². The molecular formula is C69H43N. The Morgan fingerprint density at radius 1 is 0.229 bits per heavy atom. The summed E-state index contributed by atoms with van der Waals surface area (Å²) in [6.45, 7) is 0. The van der Waals surface area contributed by atoms with Crippen LogP contribution in [0.3, 0.4) is 0 Å². The highest BCUT2D eigenvalue weighted by atomic mass is 15.0. The summed E-state index contributed by atoms with van der Waals surface area (Å²) in [4.78, 5) is 0.